The van der Waals surface area contributed by atoms with Gasteiger partial charge in [0.25, 0.3) is 0 Å². The Kier molecular flexibility index (Phi) is 1.14. The number of ether oxygens (including phenoxy) is 3. The molecular formula is C8H10O4. The summed E-state index contributed by atoms with van der Waals surface area (Å²) in [5.74, 6) is -0.236. The highest BCUT2D eigenvalue weighted by atomic mass is 16.7. The summed E-state index contributed by atoms with van der Waals surface area (Å²) in [5.41, 5.74) is 0. The van der Waals surface area contributed by atoms with Crippen molar-refractivity contribution in [1.82, 2.24) is 0 Å². The molecule has 0 aromatic rings. The van der Waals surface area contributed by atoms with Gasteiger partial charge in [-0.15, -0.1) is 0 Å². The summed E-state index contributed by atoms with van der Waals surface area (Å²) in [4.78, 5) is 11.2. The van der Waals surface area contributed by atoms with Gasteiger partial charge in [0.1, 0.15) is 18.3 Å². The van der Waals surface area contributed by atoms with E-state index in [1.165, 1.54) is 7.11 Å². The fourth-order valence-electron chi connectivity index (χ4n) is 2.34. The predicted molar refractivity (Wildman–Crippen MR) is 37.4 cm³/mol. The van der Waals surface area contributed by atoms with E-state index in [4.69, 9.17) is 9.47 Å². The van der Waals surface area contributed by atoms with Crippen LogP contribution in [0.3, 0.4) is 0 Å². The van der Waals surface area contributed by atoms with Crippen LogP contribution in [0.4, 0.5) is 0 Å². The van der Waals surface area contributed by atoms with E-state index in [2.05, 4.69) is 4.74 Å². The van der Waals surface area contributed by atoms with Crippen molar-refractivity contribution in [1.29, 1.82) is 0 Å². The molecule has 3 saturated heterocycles. The van der Waals surface area contributed by atoms with Gasteiger partial charge in [0.15, 0.2) is 0 Å². The second-order valence-electron chi connectivity index (χ2n) is 3.57. The Morgan fingerprint density at radius 3 is 2.75 bits per heavy atom. The highest BCUT2D eigenvalue weighted by Crippen LogP contribution is 2.51. The second-order valence-corrected chi connectivity index (χ2v) is 3.57. The molecule has 0 N–H and O–H groups in total. The summed E-state index contributed by atoms with van der Waals surface area (Å²) in [6.07, 6.45) is 1.39. The van der Waals surface area contributed by atoms with Gasteiger partial charge in [-0.1, -0.05) is 0 Å². The van der Waals surface area contributed by atoms with Crippen LogP contribution in [0.2, 0.25) is 0 Å². The Morgan fingerprint density at radius 2 is 2.17 bits per heavy atom. The van der Waals surface area contributed by atoms with E-state index in [9.17, 15) is 4.79 Å². The number of methoxy groups -OCH3 is 1. The predicted octanol–water partition coefficient (Wildman–Crippen LogP) is -0.286. The van der Waals surface area contributed by atoms with Crippen LogP contribution in [0, 0.1) is 5.92 Å². The topological polar surface area (TPSA) is 48.1 Å². The van der Waals surface area contributed by atoms with E-state index in [0.717, 1.165) is 6.42 Å². The van der Waals surface area contributed by atoms with Crippen LogP contribution >= 0.6 is 0 Å². The zero-order valence-electron chi connectivity index (χ0n) is 6.73. The van der Waals surface area contributed by atoms with Crippen molar-refractivity contribution in [3.63, 3.8) is 0 Å². The smallest absolute Gasteiger partial charge is 0.311 e. The molecule has 0 saturated carbocycles. The first kappa shape index (κ1) is 6.86. The van der Waals surface area contributed by atoms with E-state index in [1.54, 1.807) is 0 Å². The van der Waals surface area contributed by atoms with Gasteiger partial charge in [0.05, 0.1) is 19.1 Å². The molecule has 2 bridgehead atoms. The van der Waals surface area contributed by atoms with Crippen LogP contribution in [0.1, 0.15) is 6.42 Å². The van der Waals surface area contributed by atoms with E-state index in [0.29, 0.717) is 0 Å². The zero-order chi connectivity index (χ0) is 8.29. The summed E-state index contributed by atoms with van der Waals surface area (Å²) >= 11 is 0. The zero-order valence-corrected chi connectivity index (χ0v) is 6.73. The highest BCUT2D eigenvalue weighted by Gasteiger charge is 2.66. The number of epoxide rings is 1. The number of carbonyl (C=O) groups excluding carboxylic acids is 1. The molecule has 3 heterocycles. The lowest BCUT2D eigenvalue weighted by molar-refractivity contribution is -0.147. The molecule has 4 heteroatoms. The maximum absolute atomic E-state index is 11.2. The molecule has 3 rings (SSSR count). The largest absolute Gasteiger partial charge is 0.469 e. The van der Waals surface area contributed by atoms with Crippen molar-refractivity contribution in [3.8, 4) is 0 Å². The van der Waals surface area contributed by atoms with Crippen LogP contribution in [-0.2, 0) is 19.0 Å². The van der Waals surface area contributed by atoms with Gasteiger partial charge in [-0.2, -0.15) is 0 Å². The molecule has 0 spiro atoms. The summed E-state index contributed by atoms with van der Waals surface area (Å²) in [5, 5.41) is 0. The van der Waals surface area contributed by atoms with E-state index < -0.39 is 0 Å². The number of hydrogen-bond donors (Lipinski definition) is 0. The number of rotatable bonds is 1. The number of esters is 1. The molecule has 0 radical (unpaired) electrons. The van der Waals surface area contributed by atoms with Gasteiger partial charge in [0, 0.05) is 0 Å². The normalized spacial score (nSPS) is 53.6. The molecular weight excluding hydrogens is 160 g/mol. The Bertz CT molecular complexity index is 239. The first-order chi connectivity index (χ1) is 5.81. The van der Waals surface area contributed by atoms with Crippen molar-refractivity contribution in [2.45, 2.75) is 30.8 Å². The molecule has 0 aromatic heterocycles. The molecule has 0 aromatic carbocycles. The van der Waals surface area contributed by atoms with Crippen molar-refractivity contribution in [2.75, 3.05) is 7.11 Å². The third kappa shape index (κ3) is 0.671. The SMILES string of the molecule is COC(=O)[C@H]1C[C@@H]2O[C@H]1[C@@H]1O[C@@H]12. The third-order valence-electron chi connectivity index (χ3n) is 2.97. The monoisotopic (exact) mass is 170 g/mol. The summed E-state index contributed by atoms with van der Waals surface area (Å²) in [6.45, 7) is 0. The lowest BCUT2D eigenvalue weighted by Crippen LogP contribution is -2.31. The molecule has 3 fully saturated rings. The van der Waals surface area contributed by atoms with Crippen LogP contribution in [0.25, 0.3) is 0 Å². The van der Waals surface area contributed by atoms with Crippen LogP contribution in [0.5, 0.6) is 0 Å². The molecule has 12 heavy (non-hydrogen) atoms. The molecule has 3 aliphatic rings. The van der Waals surface area contributed by atoms with Crippen LogP contribution in [-0.4, -0.2) is 37.5 Å². The number of fused-ring (bicyclic) bond motifs is 5. The van der Waals surface area contributed by atoms with Gasteiger partial charge >= 0.3 is 5.97 Å². The third-order valence-corrected chi connectivity index (χ3v) is 2.97. The minimum absolute atomic E-state index is 0.0209. The summed E-state index contributed by atoms with van der Waals surface area (Å²) in [7, 11) is 1.42. The Morgan fingerprint density at radius 1 is 1.33 bits per heavy atom. The van der Waals surface area contributed by atoms with Crippen LogP contribution < -0.4 is 0 Å². The van der Waals surface area contributed by atoms with Gasteiger partial charge in [0.2, 0.25) is 0 Å². The minimum Gasteiger partial charge on any atom is -0.469 e. The van der Waals surface area contributed by atoms with E-state index >= 15 is 0 Å². The number of hydrogen-bond acceptors (Lipinski definition) is 4. The highest BCUT2D eigenvalue weighted by molar-refractivity contribution is 5.74. The lowest BCUT2D eigenvalue weighted by Gasteiger charge is -2.13. The van der Waals surface area contributed by atoms with Gasteiger partial charge in [-0.05, 0) is 6.42 Å². The quantitative estimate of drug-likeness (QED) is 0.401. The molecule has 0 unspecified atom stereocenters. The number of carbonyl (C=O) groups is 1. The average Bonchev–Trinajstić information content (AvgIpc) is 2.71. The molecule has 66 valence electrons. The Balaban J connectivity index is 1.80. The Hall–Kier alpha value is -0.610. The maximum atomic E-state index is 11.2. The van der Waals surface area contributed by atoms with Crippen molar-refractivity contribution in [3.05, 3.63) is 0 Å². The molecule has 4 nitrogen and oxygen atoms in total. The Labute approximate surface area is 69.8 Å². The minimum atomic E-state index is -0.156. The van der Waals surface area contributed by atoms with Crippen molar-refractivity contribution in [2.24, 2.45) is 5.92 Å². The van der Waals surface area contributed by atoms with Gasteiger partial charge in [-0.25, -0.2) is 0 Å². The van der Waals surface area contributed by atoms with Crippen molar-refractivity contribution < 1.29 is 19.0 Å². The maximum Gasteiger partial charge on any atom is 0.311 e. The fourth-order valence-corrected chi connectivity index (χ4v) is 2.34. The second kappa shape index (κ2) is 2.00. The summed E-state index contributed by atoms with van der Waals surface area (Å²) in [6, 6.07) is 0. The molecule has 0 amide bonds. The van der Waals surface area contributed by atoms with E-state index in [1.807, 2.05) is 0 Å². The molecule has 5 atom stereocenters. The van der Waals surface area contributed by atoms with Crippen molar-refractivity contribution >= 4 is 5.97 Å². The standard InChI is InChI=1S/C8H10O4/c1-10-8(9)3-2-4-6-7(12-6)5(3)11-4/h3-7H,2H2,1H3/t3-,4-,5+,6+,7-/m0/s1. The van der Waals surface area contributed by atoms with Gasteiger partial charge in [-0.3, -0.25) is 4.79 Å². The molecule has 0 aliphatic carbocycles. The first-order valence-electron chi connectivity index (χ1n) is 4.20. The lowest BCUT2D eigenvalue weighted by atomic mass is 9.89. The van der Waals surface area contributed by atoms with Gasteiger partial charge < -0.3 is 14.2 Å². The molecule has 3 aliphatic heterocycles. The summed E-state index contributed by atoms with van der Waals surface area (Å²) < 4.78 is 15.6. The fraction of sp³-hybridized carbons (Fsp3) is 0.875. The average molecular weight is 170 g/mol. The first-order valence-corrected chi connectivity index (χ1v) is 4.20. The van der Waals surface area contributed by atoms with Crippen LogP contribution in [0.15, 0.2) is 0 Å². The van der Waals surface area contributed by atoms with E-state index in [-0.39, 0.29) is 36.3 Å².